The molecule has 2 spiro atoms. The van der Waals surface area contributed by atoms with E-state index in [1.807, 2.05) is 19.9 Å². The first-order valence-electron chi connectivity index (χ1n) is 8.96. The zero-order valence-electron chi connectivity index (χ0n) is 13.6. The van der Waals surface area contributed by atoms with Gasteiger partial charge in [0.15, 0.2) is 5.79 Å². The Hall–Kier alpha value is -0.460. The van der Waals surface area contributed by atoms with Crippen LogP contribution in [0.25, 0.3) is 0 Å². The van der Waals surface area contributed by atoms with E-state index < -0.39 is 17.0 Å². The second-order valence-corrected chi connectivity index (χ2v) is 8.86. The maximum atomic E-state index is 11.8. The predicted octanol–water partition coefficient (Wildman–Crippen LogP) is 0.985. The van der Waals surface area contributed by atoms with Gasteiger partial charge in [-0.05, 0) is 44.1 Å². The van der Waals surface area contributed by atoms with Crippen LogP contribution in [0.15, 0.2) is 11.6 Å². The van der Waals surface area contributed by atoms with Gasteiger partial charge in [0, 0.05) is 11.3 Å². The van der Waals surface area contributed by atoms with Crippen LogP contribution in [0.1, 0.15) is 33.1 Å². The van der Waals surface area contributed by atoms with Crippen molar-refractivity contribution in [3.05, 3.63) is 11.6 Å². The van der Waals surface area contributed by atoms with E-state index in [1.54, 1.807) is 0 Å². The maximum Gasteiger partial charge on any atom is 0.164 e. The standard InChI is InChI=1S/C18H24O5/c1-15(2)22-14-16(23-15)5-3-4-11-10-8-21-12-6-9(7-19)18(14,20)17(11,16)13(10)12/h6,10-14,19-20H,3-5,7-8H2,1-2H3/t10-,11-,12+,13+,14-,16+,17?,18+/m1/s1. The molecule has 5 heteroatoms. The van der Waals surface area contributed by atoms with Crippen LogP contribution in [0.4, 0.5) is 0 Å². The Bertz CT molecular complexity index is 643. The molecule has 0 aromatic heterocycles. The molecule has 6 aliphatic rings. The highest BCUT2D eigenvalue weighted by Gasteiger charge is 2.96. The predicted molar refractivity (Wildman–Crippen MR) is 79.4 cm³/mol. The number of ether oxygens (including phenoxy) is 3. The molecule has 2 saturated heterocycles. The Morgan fingerprint density at radius 3 is 2.96 bits per heavy atom. The maximum absolute atomic E-state index is 11.8. The lowest BCUT2D eigenvalue weighted by atomic mass is 9.23. The molecule has 4 aliphatic carbocycles. The molecule has 2 heterocycles. The van der Waals surface area contributed by atoms with Crippen molar-refractivity contribution in [1.29, 1.82) is 0 Å². The number of hydrogen-bond donors (Lipinski definition) is 2. The van der Waals surface area contributed by atoms with Crippen LogP contribution in [0.5, 0.6) is 0 Å². The normalized spacial score (nSPS) is 63.3. The second kappa shape index (κ2) is 3.56. The van der Waals surface area contributed by atoms with Crippen molar-refractivity contribution in [2.45, 2.75) is 62.3 Å². The van der Waals surface area contributed by atoms with Crippen LogP contribution in [-0.4, -0.2) is 52.6 Å². The lowest BCUT2D eigenvalue weighted by molar-refractivity contribution is -0.417. The van der Waals surface area contributed by atoms with Gasteiger partial charge in [-0.15, -0.1) is 0 Å². The number of aliphatic hydroxyl groups excluding tert-OH is 1. The van der Waals surface area contributed by atoms with E-state index in [2.05, 4.69) is 0 Å². The molecule has 8 atom stereocenters. The van der Waals surface area contributed by atoms with Crippen LogP contribution in [0.3, 0.4) is 0 Å². The molecule has 2 aliphatic heterocycles. The highest BCUT2D eigenvalue weighted by molar-refractivity contribution is 5.52. The fraction of sp³-hybridized carbons (Fsp3) is 0.889. The fourth-order valence-electron chi connectivity index (χ4n) is 7.82. The summed E-state index contributed by atoms with van der Waals surface area (Å²) >= 11 is 0. The van der Waals surface area contributed by atoms with E-state index in [0.717, 1.165) is 25.9 Å². The summed E-state index contributed by atoms with van der Waals surface area (Å²) in [5.74, 6) is 0.560. The third-order valence-corrected chi connectivity index (χ3v) is 7.98. The van der Waals surface area contributed by atoms with Gasteiger partial charge >= 0.3 is 0 Å². The van der Waals surface area contributed by atoms with Gasteiger partial charge in [0.2, 0.25) is 0 Å². The summed E-state index contributed by atoms with van der Waals surface area (Å²) in [5.41, 5.74) is -1.13. The third-order valence-electron chi connectivity index (χ3n) is 7.98. The van der Waals surface area contributed by atoms with Crippen LogP contribution in [-0.2, 0) is 14.2 Å². The average Bonchev–Trinajstić information content (AvgIpc) is 2.97. The molecule has 0 amide bonds. The Morgan fingerprint density at radius 2 is 2.17 bits per heavy atom. The first-order valence-corrected chi connectivity index (χ1v) is 8.96. The van der Waals surface area contributed by atoms with Gasteiger partial charge in [-0.25, -0.2) is 0 Å². The Labute approximate surface area is 135 Å². The Morgan fingerprint density at radius 1 is 1.35 bits per heavy atom. The van der Waals surface area contributed by atoms with Gasteiger partial charge < -0.3 is 24.4 Å². The number of rotatable bonds is 1. The molecule has 0 aromatic rings. The number of fused-ring (bicyclic) bond motifs is 2. The van der Waals surface area contributed by atoms with Crippen LogP contribution in [0, 0.1) is 23.2 Å². The lowest BCUT2D eigenvalue weighted by Crippen LogP contribution is -2.94. The van der Waals surface area contributed by atoms with E-state index in [0.29, 0.717) is 23.3 Å². The molecule has 5 fully saturated rings. The van der Waals surface area contributed by atoms with Crippen molar-refractivity contribution in [3.8, 4) is 0 Å². The molecular formula is C18H24O5. The molecule has 6 rings (SSSR count). The van der Waals surface area contributed by atoms with E-state index in [-0.39, 0.29) is 24.2 Å². The minimum Gasteiger partial charge on any atom is -0.392 e. The molecular weight excluding hydrogens is 296 g/mol. The highest BCUT2D eigenvalue weighted by atomic mass is 16.8. The average molecular weight is 320 g/mol. The van der Waals surface area contributed by atoms with Crippen LogP contribution in [0.2, 0.25) is 0 Å². The minimum absolute atomic E-state index is 0.0157. The van der Waals surface area contributed by atoms with Gasteiger partial charge in [0.1, 0.15) is 17.3 Å². The summed E-state index contributed by atoms with van der Waals surface area (Å²) in [5, 5.41) is 21.8. The van der Waals surface area contributed by atoms with E-state index >= 15 is 0 Å². The summed E-state index contributed by atoms with van der Waals surface area (Å²) in [6, 6.07) is 0. The summed E-state index contributed by atoms with van der Waals surface area (Å²) < 4.78 is 18.8. The van der Waals surface area contributed by atoms with Crippen molar-refractivity contribution in [2.24, 2.45) is 23.2 Å². The van der Waals surface area contributed by atoms with Crippen molar-refractivity contribution in [3.63, 3.8) is 0 Å². The second-order valence-electron chi connectivity index (χ2n) is 8.86. The quantitative estimate of drug-likeness (QED) is 0.705. The van der Waals surface area contributed by atoms with E-state index in [9.17, 15) is 10.2 Å². The largest absolute Gasteiger partial charge is 0.392 e. The molecule has 5 nitrogen and oxygen atoms in total. The molecule has 0 bridgehead atoms. The van der Waals surface area contributed by atoms with Gasteiger partial charge in [0.05, 0.1) is 19.3 Å². The number of aliphatic hydroxyl groups is 2. The smallest absolute Gasteiger partial charge is 0.164 e. The molecule has 3 saturated carbocycles. The first kappa shape index (κ1) is 13.8. The van der Waals surface area contributed by atoms with Crippen molar-refractivity contribution in [1.82, 2.24) is 0 Å². The number of hydrogen-bond acceptors (Lipinski definition) is 5. The van der Waals surface area contributed by atoms with E-state index in [4.69, 9.17) is 14.2 Å². The van der Waals surface area contributed by atoms with Crippen molar-refractivity contribution < 1.29 is 24.4 Å². The van der Waals surface area contributed by atoms with Gasteiger partial charge in [0.25, 0.3) is 0 Å². The zero-order valence-corrected chi connectivity index (χ0v) is 13.6. The van der Waals surface area contributed by atoms with Gasteiger partial charge in [-0.3, -0.25) is 0 Å². The van der Waals surface area contributed by atoms with Crippen molar-refractivity contribution >= 4 is 0 Å². The van der Waals surface area contributed by atoms with Crippen LogP contribution < -0.4 is 0 Å². The summed E-state index contributed by atoms with van der Waals surface area (Å²) in [4.78, 5) is 0. The van der Waals surface area contributed by atoms with Crippen molar-refractivity contribution in [2.75, 3.05) is 13.2 Å². The SMILES string of the molecule is CC1(C)O[C@@H]2[C@]3(CCC[C@@H]4[C@H]5CO[C@H]6C=C(CO)[C@@]2(O)C43[C@@H]56)O1. The zero-order chi connectivity index (χ0) is 15.8. The van der Waals surface area contributed by atoms with E-state index in [1.165, 1.54) is 0 Å². The first-order chi connectivity index (χ1) is 10.9. The molecule has 1 unspecified atom stereocenters. The Kier molecular flexibility index (Phi) is 2.13. The topological polar surface area (TPSA) is 68.2 Å². The van der Waals surface area contributed by atoms with Crippen LogP contribution >= 0.6 is 0 Å². The molecule has 2 N–H and O–H groups in total. The highest BCUT2D eigenvalue weighted by Crippen LogP contribution is 2.86. The summed E-state index contributed by atoms with van der Waals surface area (Å²) in [6.07, 6.45) is 4.80. The molecule has 0 radical (unpaired) electrons. The Balaban J connectivity index is 1.62. The summed E-state index contributed by atoms with van der Waals surface area (Å²) in [7, 11) is 0. The molecule has 126 valence electrons. The third kappa shape index (κ3) is 1.05. The van der Waals surface area contributed by atoms with Gasteiger partial charge in [-0.2, -0.15) is 0 Å². The van der Waals surface area contributed by atoms with Gasteiger partial charge in [-0.1, -0.05) is 12.5 Å². The summed E-state index contributed by atoms with van der Waals surface area (Å²) in [6.45, 7) is 4.52. The molecule has 0 aromatic carbocycles. The molecule has 23 heavy (non-hydrogen) atoms. The monoisotopic (exact) mass is 320 g/mol. The lowest BCUT2D eigenvalue weighted by Gasteiger charge is -2.83. The fourth-order valence-corrected chi connectivity index (χ4v) is 7.82. The minimum atomic E-state index is -1.09.